The maximum absolute atomic E-state index is 4.06. The highest BCUT2D eigenvalue weighted by Crippen LogP contribution is 2.41. The number of hydrogen-bond acceptors (Lipinski definition) is 2. The SMILES string of the molecule is C=C/C=c1/c2cc(N(c3ccc(-c4ccccc4)cc3)c3ccc4c(c3)sc3ccccc34)ccc2n2c1cc1ccccc12. The molecular weight excluding hydrogens is 565 g/mol. The standard InChI is InChI=1S/C42H28N2S/c1-2-10-34-37-26-32(22-24-39(37)44-38-15-8-6-13-30(38)25-40(34)44)43(31-19-17-29(18-20-31)28-11-4-3-5-12-28)33-21-23-36-35-14-7-9-16-41(35)45-42(36)27-33/h2-27H,1H2/b34-10-. The van der Waals surface area contributed by atoms with E-state index in [1.165, 1.54) is 63.8 Å². The Balaban J connectivity index is 1.27. The van der Waals surface area contributed by atoms with Crippen molar-refractivity contribution in [3.05, 3.63) is 163 Å². The van der Waals surface area contributed by atoms with Crippen molar-refractivity contribution in [3.63, 3.8) is 0 Å². The van der Waals surface area contributed by atoms with E-state index in [0.29, 0.717) is 0 Å². The van der Waals surface area contributed by atoms with Crippen molar-refractivity contribution in [3.8, 4) is 11.1 Å². The van der Waals surface area contributed by atoms with Crippen molar-refractivity contribution >= 4 is 82.0 Å². The Hall–Kier alpha value is -5.64. The molecule has 9 aromatic rings. The average Bonchev–Trinajstić information content (AvgIpc) is 3.75. The molecule has 0 amide bonds. The van der Waals surface area contributed by atoms with Gasteiger partial charge in [-0.1, -0.05) is 104 Å². The van der Waals surface area contributed by atoms with Crippen LogP contribution in [0.5, 0.6) is 0 Å². The summed E-state index contributed by atoms with van der Waals surface area (Å²) in [6.45, 7) is 4.06. The lowest BCUT2D eigenvalue weighted by molar-refractivity contribution is 1.29. The first-order valence-electron chi connectivity index (χ1n) is 15.2. The summed E-state index contributed by atoms with van der Waals surface area (Å²) in [6.07, 6.45) is 4.04. The van der Waals surface area contributed by atoms with Crippen LogP contribution in [0.15, 0.2) is 158 Å². The van der Waals surface area contributed by atoms with Crippen LogP contribution in [0.25, 0.3) is 64.7 Å². The number of fused-ring (bicyclic) bond motifs is 8. The molecule has 0 aliphatic heterocycles. The zero-order chi connectivity index (χ0) is 29.9. The Bertz CT molecular complexity index is 2610. The predicted molar refractivity (Wildman–Crippen MR) is 195 cm³/mol. The highest BCUT2D eigenvalue weighted by Gasteiger charge is 2.18. The third-order valence-corrected chi connectivity index (χ3v) is 10.0. The van der Waals surface area contributed by atoms with Crippen LogP contribution in [-0.2, 0) is 0 Å². The summed E-state index contributed by atoms with van der Waals surface area (Å²) < 4.78 is 4.98. The molecule has 212 valence electrons. The molecule has 0 saturated carbocycles. The number of para-hydroxylation sites is 1. The van der Waals surface area contributed by atoms with Gasteiger partial charge >= 0.3 is 0 Å². The largest absolute Gasteiger partial charge is 0.310 e. The first kappa shape index (κ1) is 25.8. The third kappa shape index (κ3) is 4.09. The first-order valence-corrected chi connectivity index (χ1v) is 16.0. The fourth-order valence-corrected chi connectivity index (χ4v) is 7.99. The Kier molecular flexibility index (Phi) is 5.87. The summed E-state index contributed by atoms with van der Waals surface area (Å²) in [7, 11) is 0. The molecule has 0 N–H and O–H groups in total. The number of rotatable bonds is 5. The number of thiophene rings is 1. The molecule has 3 heteroatoms. The Morgan fingerprint density at radius 1 is 0.511 bits per heavy atom. The molecule has 9 rings (SSSR count). The van der Waals surface area contributed by atoms with Gasteiger partial charge in [-0.25, -0.2) is 0 Å². The maximum atomic E-state index is 4.06. The molecule has 0 saturated heterocycles. The number of allylic oxidation sites excluding steroid dienone is 1. The zero-order valence-corrected chi connectivity index (χ0v) is 25.3. The number of hydrogen-bond donors (Lipinski definition) is 0. The van der Waals surface area contributed by atoms with E-state index in [-0.39, 0.29) is 0 Å². The molecule has 0 radical (unpaired) electrons. The second-order valence-electron chi connectivity index (χ2n) is 11.5. The molecule has 0 aliphatic rings. The molecule has 0 fully saturated rings. The van der Waals surface area contributed by atoms with Gasteiger partial charge in [0.2, 0.25) is 0 Å². The summed E-state index contributed by atoms with van der Waals surface area (Å²) in [5.41, 5.74) is 9.41. The van der Waals surface area contributed by atoms with Gasteiger partial charge in [-0.2, -0.15) is 0 Å². The molecule has 45 heavy (non-hydrogen) atoms. The highest BCUT2D eigenvalue weighted by molar-refractivity contribution is 7.25. The van der Waals surface area contributed by atoms with Gasteiger partial charge in [0, 0.05) is 53.2 Å². The smallest absolute Gasteiger partial charge is 0.0548 e. The minimum atomic E-state index is 1.12. The molecule has 0 unspecified atom stereocenters. The number of nitrogens with zero attached hydrogens (tertiary/aromatic N) is 2. The van der Waals surface area contributed by atoms with E-state index in [9.17, 15) is 0 Å². The van der Waals surface area contributed by atoms with Crippen molar-refractivity contribution in [1.29, 1.82) is 0 Å². The lowest BCUT2D eigenvalue weighted by Gasteiger charge is -2.26. The topological polar surface area (TPSA) is 7.65 Å². The lowest BCUT2D eigenvalue weighted by atomic mass is 10.0. The van der Waals surface area contributed by atoms with Crippen molar-refractivity contribution < 1.29 is 0 Å². The van der Waals surface area contributed by atoms with Gasteiger partial charge in [-0.15, -0.1) is 11.3 Å². The molecular formula is C42H28N2S. The van der Waals surface area contributed by atoms with Gasteiger partial charge in [0.15, 0.2) is 0 Å². The van der Waals surface area contributed by atoms with E-state index in [2.05, 4.69) is 168 Å². The average molecular weight is 593 g/mol. The first-order chi connectivity index (χ1) is 22.3. The molecule has 0 spiro atoms. The van der Waals surface area contributed by atoms with Gasteiger partial charge in [0.1, 0.15) is 0 Å². The molecule has 0 atom stereocenters. The second-order valence-corrected chi connectivity index (χ2v) is 12.6. The number of aromatic nitrogens is 1. The Labute approximate surface area is 265 Å². The number of benzene rings is 6. The molecule has 0 aliphatic carbocycles. The van der Waals surface area contributed by atoms with Crippen LogP contribution in [0, 0.1) is 0 Å². The summed E-state index contributed by atoms with van der Waals surface area (Å²) >= 11 is 1.85. The quantitative estimate of drug-likeness (QED) is 0.193. The Morgan fingerprint density at radius 2 is 1.20 bits per heavy atom. The molecule has 0 bridgehead atoms. The summed E-state index contributed by atoms with van der Waals surface area (Å²) in [4.78, 5) is 2.39. The Morgan fingerprint density at radius 3 is 2.07 bits per heavy atom. The van der Waals surface area contributed by atoms with E-state index in [1.807, 2.05) is 17.4 Å². The molecule has 6 aromatic carbocycles. The minimum Gasteiger partial charge on any atom is -0.310 e. The monoisotopic (exact) mass is 592 g/mol. The molecule has 3 aromatic heterocycles. The van der Waals surface area contributed by atoms with Gasteiger partial charge in [-0.05, 0) is 71.8 Å². The predicted octanol–water partition coefficient (Wildman–Crippen LogP) is 11.4. The van der Waals surface area contributed by atoms with E-state index in [4.69, 9.17) is 0 Å². The van der Waals surface area contributed by atoms with Crippen LogP contribution in [0.3, 0.4) is 0 Å². The zero-order valence-electron chi connectivity index (χ0n) is 24.5. The fourth-order valence-electron chi connectivity index (χ4n) is 6.85. The van der Waals surface area contributed by atoms with Crippen molar-refractivity contribution in [2.75, 3.05) is 4.90 Å². The van der Waals surface area contributed by atoms with E-state index in [0.717, 1.165) is 17.1 Å². The lowest BCUT2D eigenvalue weighted by Crippen LogP contribution is -2.10. The highest BCUT2D eigenvalue weighted by atomic mass is 32.1. The van der Waals surface area contributed by atoms with Crippen LogP contribution in [0.4, 0.5) is 17.1 Å². The maximum Gasteiger partial charge on any atom is 0.0548 e. The summed E-state index contributed by atoms with van der Waals surface area (Å²) in [5, 5.41) is 6.26. The summed E-state index contributed by atoms with van der Waals surface area (Å²) in [6, 6.07) is 52.8. The fraction of sp³-hybridized carbons (Fsp3) is 0. The minimum absolute atomic E-state index is 1.12. The van der Waals surface area contributed by atoms with Crippen LogP contribution in [0.1, 0.15) is 0 Å². The van der Waals surface area contributed by atoms with Gasteiger partial charge in [0.25, 0.3) is 0 Å². The van der Waals surface area contributed by atoms with Gasteiger partial charge < -0.3 is 9.30 Å². The van der Waals surface area contributed by atoms with Crippen molar-refractivity contribution in [2.24, 2.45) is 0 Å². The van der Waals surface area contributed by atoms with Crippen molar-refractivity contribution in [1.82, 2.24) is 4.40 Å². The number of anilines is 3. The van der Waals surface area contributed by atoms with Gasteiger partial charge in [0.05, 0.1) is 16.6 Å². The van der Waals surface area contributed by atoms with Crippen LogP contribution in [0.2, 0.25) is 0 Å². The summed E-state index contributed by atoms with van der Waals surface area (Å²) in [5.74, 6) is 0. The van der Waals surface area contributed by atoms with Gasteiger partial charge in [-0.3, -0.25) is 0 Å². The molecule has 2 nitrogen and oxygen atoms in total. The van der Waals surface area contributed by atoms with E-state index in [1.54, 1.807) is 0 Å². The normalized spacial score (nSPS) is 12.2. The van der Waals surface area contributed by atoms with Crippen LogP contribution in [-0.4, -0.2) is 4.40 Å². The van der Waals surface area contributed by atoms with Crippen LogP contribution < -0.4 is 10.1 Å². The van der Waals surface area contributed by atoms with E-state index < -0.39 is 0 Å². The third-order valence-electron chi connectivity index (χ3n) is 8.89. The molecule has 3 heterocycles. The van der Waals surface area contributed by atoms with E-state index >= 15 is 0 Å². The second kappa shape index (κ2) is 10.2. The van der Waals surface area contributed by atoms with Crippen LogP contribution >= 0.6 is 11.3 Å². The van der Waals surface area contributed by atoms with Crippen molar-refractivity contribution in [2.45, 2.75) is 0 Å².